The van der Waals surface area contributed by atoms with Crippen LogP contribution < -0.4 is 0 Å². The Bertz CT molecular complexity index is 1200. The third kappa shape index (κ3) is 4.29. The number of aliphatic hydroxyl groups is 1. The van der Waals surface area contributed by atoms with E-state index in [1.807, 2.05) is 0 Å². The van der Waals surface area contributed by atoms with Crippen molar-refractivity contribution in [2.75, 3.05) is 6.61 Å². The van der Waals surface area contributed by atoms with E-state index in [1.54, 1.807) is 40.7 Å². The average molecular weight is 563 g/mol. The first-order valence-electron chi connectivity index (χ1n) is 14.1. The number of fused-ring (bicyclic) bond motifs is 7. The molecular weight excluding hydrogens is 523 g/mol. The average Bonchev–Trinajstić information content (AvgIpc) is 3.25. The van der Waals surface area contributed by atoms with Crippen molar-refractivity contribution in [3.8, 4) is 0 Å². The molecule has 0 spiro atoms. The predicted octanol–water partition coefficient (Wildman–Crippen LogP) is 3.47. The van der Waals surface area contributed by atoms with Crippen LogP contribution in [0, 0.1) is 28.6 Å². The zero-order valence-corrected chi connectivity index (χ0v) is 23.7. The van der Waals surface area contributed by atoms with Gasteiger partial charge in [-0.1, -0.05) is 25.5 Å². The molecule has 3 saturated carbocycles. The van der Waals surface area contributed by atoms with Gasteiger partial charge in [-0.15, -0.1) is 0 Å². The van der Waals surface area contributed by atoms with Gasteiger partial charge in [-0.2, -0.15) is 0 Å². The fourth-order valence-electron chi connectivity index (χ4n) is 8.47. The van der Waals surface area contributed by atoms with Crippen LogP contribution >= 0.6 is 0 Å². The Morgan fingerprint density at radius 3 is 2.52 bits per heavy atom. The number of aliphatic carboxylic acids is 1. The summed E-state index contributed by atoms with van der Waals surface area (Å²) in [6, 6.07) is 0. The molecule has 9 nitrogen and oxygen atoms in total. The fourth-order valence-corrected chi connectivity index (χ4v) is 8.47. The molecule has 0 aromatic carbocycles. The molecule has 8 atom stereocenters. The van der Waals surface area contributed by atoms with Crippen LogP contribution in [0.2, 0.25) is 0 Å². The second-order valence-corrected chi connectivity index (χ2v) is 13.7. The van der Waals surface area contributed by atoms with E-state index < -0.39 is 76.3 Å². The number of carbonyl (C=O) groups excluding carboxylic acids is 3. The smallest absolute Gasteiger partial charge is 0.306 e. The van der Waals surface area contributed by atoms with Crippen molar-refractivity contribution in [2.24, 2.45) is 28.6 Å². The first kappa shape index (κ1) is 29.1. The van der Waals surface area contributed by atoms with Crippen molar-refractivity contribution >= 4 is 23.5 Å². The Morgan fingerprint density at radius 2 is 1.85 bits per heavy atom. The molecule has 5 aliphatic rings. The number of carboxylic acid groups (broad SMARTS) is 1. The molecule has 1 aliphatic heterocycles. The zero-order valence-electron chi connectivity index (χ0n) is 23.7. The number of ether oxygens (including phenoxy) is 3. The van der Waals surface area contributed by atoms with Gasteiger partial charge >= 0.3 is 11.9 Å². The second-order valence-electron chi connectivity index (χ2n) is 13.7. The van der Waals surface area contributed by atoms with E-state index >= 15 is 4.39 Å². The molecule has 0 aromatic rings. The number of hydrogen-bond donors (Lipinski definition) is 2. The van der Waals surface area contributed by atoms with Crippen molar-refractivity contribution in [3.05, 3.63) is 23.8 Å². The highest BCUT2D eigenvalue weighted by molar-refractivity contribution is 6.01. The summed E-state index contributed by atoms with van der Waals surface area (Å²) in [7, 11) is 0. The minimum absolute atomic E-state index is 0.0520. The third-order valence-electron chi connectivity index (χ3n) is 10.0. The summed E-state index contributed by atoms with van der Waals surface area (Å²) in [4.78, 5) is 49.6. The van der Waals surface area contributed by atoms with Gasteiger partial charge in [0, 0.05) is 17.3 Å². The van der Waals surface area contributed by atoms with Gasteiger partial charge in [0.1, 0.15) is 0 Å². The normalized spacial score (nSPS) is 41.3. The summed E-state index contributed by atoms with van der Waals surface area (Å²) in [6.45, 7) is 7.78. The van der Waals surface area contributed by atoms with E-state index in [9.17, 15) is 24.3 Å². The molecule has 10 heteroatoms. The summed E-state index contributed by atoms with van der Waals surface area (Å²) in [5.41, 5.74) is -4.91. The maximum absolute atomic E-state index is 17.3. The Hall–Kier alpha value is -2.43. The molecular formula is C30H39FO9. The summed E-state index contributed by atoms with van der Waals surface area (Å²) in [5, 5.41) is 20.6. The maximum atomic E-state index is 17.3. The molecule has 4 aliphatic carbocycles. The van der Waals surface area contributed by atoms with Gasteiger partial charge < -0.3 is 24.4 Å². The highest BCUT2D eigenvalue weighted by atomic mass is 19.1. The topological polar surface area (TPSA) is 136 Å². The summed E-state index contributed by atoms with van der Waals surface area (Å²) < 4.78 is 35.2. The Morgan fingerprint density at radius 1 is 1.15 bits per heavy atom. The lowest BCUT2D eigenvalue weighted by Gasteiger charge is -2.59. The van der Waals surface area contributed by atoms with Gasteiger partial charge in [0.15, 0.2) is 29.4 Å². The number of carbonyl (C=O) groups is 4. The molecule has 220 valence electrons. The quantitative estimate of drug-likeness (QED) is 0.447. The van der Waals surface area contributed by atoms with Crippen LogP contribution in [0.5, 0.6) is 0 Å². The minimum atomic E-state index is -2.05. The summed E-state index contributed by atoms with van der Waals surface area (Å²) >= 11 is 0. The minimum Gasteiger partial charge on any atom is -0.481 e. The van der Waals surface area contributed by atoms with E-state index in [2.05, 4.69) is 0 Å². The number of aliphatic hydroxyl groups excluding tert-OH is 1. The van der Waals surface area contributed by atoms with Crippen molar-refractivity contribution in [1.29, 1.82) is 0 Å². The number of halogens is 1. The number of alkyl halides is 1. The highest BCUT2D eigenvalue weighted by Crippen LogP contribution is 2.68. The molecule has 0 aromatic heterocycles. The van der Waals surface area contributed by atoms with Crippen LogP contribution in [-0.4, -0.2) is 69.6 Å². The van der Waals surface area contributed by atoms with Crippen LogP contribution in [0.15, 0.2) is 23.8 Å². The Kier molecular flexibility index (Phi) is 6.75. The van der Waals surface area contributed by atoms with Crippen molar-refractivity contribution in [2.45, 2.75) is 102 Å². The molecule has 2 N–H and O–H groups in total. The predicted molar refractivity (Wildman–Crippen MR) is 139 cm³/mol. The lowest BCUT2D eigenvalue weighted by molar-refractivity contribution is -0.221. The van der Waals surface area contributed by atoms with E-state index in [1.165, 1.54) is 12.2 Å². The second kappa shape index (κ2) is 9.29. The van der Waals surface area contributed by atoms with Crippen molar-refractivity contribution in [3.63, 3.8) is 0 Å². The van der Waals surface area contributed by atoms with Gasteiger partial charge in [-0.3, -0.25) is 19.2 Å². The number of allylic oxidation sites excluding steroid dienone is 4. The monoisotopic (exact) mass is 562 g/mol. The van der Waals surface area contributed by atoms with Gasteiger partial charge in [0.25, 0.3) is 0 Å². The number of rotatable bonds is 7. The van der Waals surface area contributed by atoms with Gasteiger partial charge in [-0.25, -0.2) is 4.39 Å². The molecule has 0 radical (unpaired) electrons. The molecule has 0 bridgehead atoms. The third-order valence-corrected chi connectivity index (χ3v) is 10.0. The fraction of sp³-hybridized carbons (Fsp3) is 0.733. The van der Waals surface area contributed by atoms with E-state index in [0.717, 1.165) is 0 Å². The highest BCUT2D eigenvalue weighted by Gasteiger charge is 2.75. The largest absolute Gasteiger partial charge is 0.481 e. The molecule has 40 heavy (non-hydrogen) atoms. The number of Topliss-reactive ketones (excluding diaryl/α,β-unsaturated/α-hetero) is 1. The molecule has 0 amide bonds. The van der Waals surface area contributed by atoms with Gasteiger partial charge in [-0.05, 0) is 69.9 Å². The van der Waals surface area contributed by atoms with E-state index in [-0.39, 0.29) is 31.0 Å². The van der Waals surface area contributed by atoms with Crippen molar-refractivity contribution < 1.29 is 48.0 Å². The SMILES string of the molecule is CC(C)(CC(=O)O)CC(=O)OCC(=O)[C@@]12OC(C)(C)O[C@@H]1C[C@@H]1C2C[C@H](O)[C@@]2(F)[C@H]1CCC1=CC(=O)C=C[C@@]12C. The van der Waals surface area contributed by atoms with Crippen molar-refractivity contribution in [1.82, 2.24) is 0 Å². The lowest BCUT2D eigenvalue weighted by Crippen LogP contribution is -2.66. The number of carboxylic acids is 1. The van der Waals surface area contributed by atoms with Crippen LogP contribution in [-0.2, 0) is 33.4 Å². The molecule has 1 unspecified atom stereocenters. The summed E-state index contributed by atoms with van der Waals surface area (Å²) in [6.07, 6.45) is 3.06. The van der Waals surface area contributed by atoms with Gasteiger partial charge in [0.2, 0.25) is 5.78 Å². The van der Waals surface area contributed by atoms with E-state index in [4.69, 9.17) is 19.3 Å². The number of esters is 1. The molecule has 4 fully saturated rings. The van der Waals surface area contributed by atoms with Crippen LogP contribution in [0.3, 0.4) is 0 Å². The number of hydrogen-bond acceptors (Lipinski definition) is 8. The first-order valence-corrected chi connectivity index (χ1v) is 14.1. The Labute approximate surface area is 233 Å². The summed E-state index contributed by atoms with van der Waals surface area (Å²) in [5.74, 6) is -5.08. The van der Waals surface area contributed by atoms with Crippen LogP contribution in [0.1, 0.15) is 73.1 Å². The van der Waals surface area contributed by atoms with E-state index in [0.29, 0.717) is 24.8 Å². The standard InChI is InChI=1S/C30H39FO9/c1-26(2,13-24(35)36)14-25(37)38-15-22(34)29-20-12-21(33)30(31)19(18(20)11-23(29)39-27(3,4)40-29)7-6-16-10-17(32)8-9-28(16,30)5/h8-10,18-21,23,33H,6-7,11-15H2,1-5H3,(H,35,36)/t18-,19-,20?,21-,23+,28-,29+,30-/m0/s1. The first-order chi connectivity index (χ1) is 18.4. The van der Waals surface area contributed by atoms with Crippen LogP contribution in [0.4, 0.5) is 4.39 Å². The Balaban J connectivity index is 1.41. The zero-order chi connectivity index (χ0) is 29.5. The number of ketones is 2. The molecule has 5 rings (SSSR count). The van der Waals surface area contributed by atoms with Crippen LogP contribution in [0.25, 0.3) is 0 Å². The van der Waals surface area contributed by atoms with Gasteiger partial charge in [0.05, 0.1) is 25.0 Å². The lowest BCUT2D eigenvalue weighted by atomic mass is 9.48. The molecule has 1 saturated heterocycles. The molecule has 1 heterocycles. The maximum Gasteiger partial charge on any atom is 0.306 e.